The van der Waals surface area contributed by atoms with Gasteiger partial charge in [0, 0.05) is 6.04 Å². The topological polar surface area (TPSA) is 102 Å². The van der Waals surface area contributed by atoms with Crippen LogP contribution in [0.1, 0.15) is 18.1 Å². The van der Waals surface area contributed by atoms with Crippen molar-refractivity contribution in [3.05, 3.63) is 11.7 Å². The molecule has 17 heavy (non-hydrogen) atoms. The van der Waals surface area contributed by atoms with E-state index in [0.29, 0.717) is 12.2 Å². The molecule has 1 fully saturated rings. The number of hydrogen-bond donors (Lipinski definition) is 1. The summed E-state index contributed by atoms with van der Waals surface area (Å²) in [6.07, 6.45) is 0.453. The van der Waals surface area contributed by atoms with Gasteiger partial charge in [0.15, 0.2) is 15.7 Å². The van der Waals surface area contributed by atoms with E-state index in [1.54, 1.807) is 6.92 Å². The summed E-state index contributed by atoms with van der Waals surface area (Å²) in [4.78, 5) is 15.5. The second kappa shape index (κ2) is 4.44. The number of rotatable bonds is 3. The first-order valence-electron chi connectivity index (χ1n) is 5.23. The van der Waals surface area contributed by atoms with Crippen LogP contribution in [-0.4, -0.2) is 42.0 Å². The summed E-state index contributed by atoms with van der Waals surface area (Å²) in [6.45, 7) is 1.66. The van der Waals surface area contributed by atoms with Gasteiger partial charge >= 0.3 is 0 Å². The molecule has 94 valence electrons. The Labute approximate surface area is 98.5 Å². The van der Waals surface area contributed by atoms with Crippen molar-refractivity contribution in [1.29, 1.82) is 0 Å². The lowest BCUT2D eigenvalue weighted by molar-refractivity contribution is -0.121. The van der Waals surface area contributed by atoms with Crippen LogP contribution in [0.15, 0.2) is 4.52 Å². The Morgan fingerprint density at radius 3 is 2.88 bits per heavy atom. The van der Waals surface area contributed by atoms with Gasteiger partial charge in [0.25, 0.3) is 0 Å². The number of aryl methyl sites for hydroxylation is 1. The van der Waals surface area contributed by atoms with Crippen LogP contribution < -0.4 is 5.32 Å². The number of nitrogens with zero attached hydrogens (tertiary/aromatic N) is 2. The zero-order valence-corrected chi connectivity index (χ0v) is 10.2. The molecule has 0 spiro atoms. The van der Waals surface area contributed by atoms with Crippen molar-refractivity contribution in [1.82, 2.24) is 15.5 Å². The highest BCUT2D eigenvalue weighted by Crippen LogP contribution is 2.11. The van der Waals surface area contributed by atoms with E-state index in [1.807, 2.05) is 0 Å². The van der Waals surface area contributed by atoms with Crippen LogP contribution in [0.5, 0.6) is 0 Å². The predicted octanol–water partition coefficient (Wildman–Crippen LogP) is -0.776. The number of sulfone groups is 1. The first-order valence-corrected chi connectivity index (χ1v) is 7.06. The molecule has 2 rings (SSSR count). The minimum Gasteiger partial charge on any atom is -0.352 e. The summed E-state index contributed by atoms with van der Waals surface area (Å²) in [7, 11) is -2.98. The molecule has 1 atom stereocenters. The highest BCUT2D eigenvalue weighted by Gasteiger charge is 2.29. The normalized spacial score (nSPS) is 22.5. The summed E-state index contributed by atoms with van der Waals surface area (Å²) < 4.78 is 27.2. The molecule has 1 aliphatic heterocycles. The highest BCUT2D eigenvalue weighted by atomic mass is 32.2. The quantitative estimate of drug-likeness (QED) is 0.764. The lowest BCUT2D eigenvalue weighted by Crippen LogP contribution is -2.36. The number of amides is 1. The first-order chi connectivity index (χ1) is 7.94. The zero-order chi connectivity index (χ0) is 12.5. The standard InChI is InChI=1S/C9H13N3O4S/c1-6-10-9(16-12-6)4-8(13)11-7-2-3-17(14,15)5-7/h7H,2-5H2,1H3,(H,11,13). The summed E-state index contributed by atoms with van der Waals surface area (Å²) in [5, 5.41) is 6.21. The number of aromatic nitrogens is 2. The molecule has 0 bridgehead atoms. The lowest BCUT2D eigenvalue weighted by Gasteiger charge is -2.08. The highest BCUT2D eigenvalue weighted by molar-refractivity contribution is 7.91. The van der Waals surface area contributed by atoms with Gasteiger partial charge in [0.2, 0.25) is 11.8 Å². The molecule has 8 heteroatoms. The van der Waals surface area contributed by atoms with Crippen LogP contribution in [0, 0.1) is 6.92 Å². The van der Waals surface area contributed by atoms with Gasteiger partial charge in [0.1, 0.15) is 6.42 Å². The van der Waals surface area contributed by atoms with Crippen LogP contribution in [0.25, 0.3) is 0 Å². The van der Waals surface area contributed by atoms with Gasteiger partial charge in [-0.25, -0.2) is 8.42 Å². The third kappa shape index (κ3) is 3.26. The van der Waals surface area contributed by atoms with E-state index >= 15 is 0 Å². The third-order valence-electron chi connectivity index (χ3n) is 2.48. The Bertz CT molecular complexity index is 522. The Morgan fingerprint density at radius 1 is 1.59 bits per heavy atom. The van der Waals surface area contributed by atoms with Gasteiger partial charge in [-0.05, 0) is 13.3 Å². The second-order valence-electron chi connectivity index (χ2n) is 4.08. The summed E-state index contributed by atoms with van der Waals surface area (Å²) in [6, 6.07) is -0.295. The van der Waals surface area contributed by atoms with Crippen LogP contribution in [-0.2, 0) is 21.1 Å². The number of carbonyl (C=O) groups excluding carboxylic acids is 1. The molecule has 1 saturated heterocycles. The smallest absolute Gasteiger partial charge is 0.236 e. The Balaban J connectivity index is 1.86. The summed E-state index contributed by atoms with van der Waals surface area (Å²) >= 11 is 0. The number of carbonyl (C=O) groups is 1. The molecule has 0 aliphatic carbocycles. The van der Waals surface area contributed by atoms with Gasteiger partial charge in [0.05, 0.1) is 11.5 Å². The van der Waals surface area contributed by atoms with Gasteiger partial charge in [-0.15, -0.1) is 0 Å². The zero-order valence-electron chi connectivity index (χ0n) is 9.34. The van der Waals surface area contributed by atoms with Crippen LogP contribution in [0.2, 0.25) is 0 Å². The maximum atomic E-state index is 11.6. The minimum atomic E-state index is -2.98. The summed E-state index contributed by atoms with van der Waals surface area (Å²) in [5.41, 5.74) is 0. The fraction of sp³-hybridized carbons (Fsp3) is 0.667. The van der Waals surface area contributed by atoms with Crippen molar-refractivity contribution in [3.63, 3.8) is 0 Å². The third-order valence-corrected chi connectivity index (χ3v) is 4.25. The van der Waals surface area contributed by atoms with E-state index in [2.05, 4.69) is 15.5 Å². The van der Waals surface area contributed by atoms with E-state index in [9.17, 15) is 13.2 Å². The van der Waals surface area contributed by atoms with Crippen molar-refractivity contribution >= 4 is 15.7 Å². The van der Waals surface area contributed by atoms with E-state index in [0.717, 1.165) is 0 Å². The molecule has 1 N–H and O–H groups in total. The molecular formula is C9H13N3O4S. The molecule has 0 aromatic carbocycles. The largest absolute Gasteiger partial charge is 0.352 e. The van der Waals surface area contributed by atoms with E-state index in [4.69, 9.17) is 4.52 Å². The van der Waals surface area contributed by atoms with Crippen LogP contribution in [0.3, 0.4) is 0 Å². The Kier molecular flexibility index (Phi) is 3.14. The van der Waals surface area contributed by atoms with Crippen molar-refractivity contribution in [2.75, 3.05) is 11.5 Å². The maximum absolute atomic E-state index is 11.6. The molecule has 1 amide bonds. The molecular weight excluding hydrogens is 246 g/mol. The first kappa shape index (κ1) is 12.0. The van der Waals surface area contributed by atoms with Gasteiger partial charge in [-0.1, -0.05) is 5.16 Å². The average Bonchev–Trinajstić information content (AvgIpc) is 2.73. The lowest BCUT2D eigenvalue weighted by atomic mass is 10.2. The second-order valence-corrected chi connectivity index (χ2v) is 6.31. The van der Waals surface area contributed by atoms with Crippen LogP contribution >= 0.6 is 0 Å². The molecule has 0 radical (unpaired) electrons. The SMILES string of the molecule is Cc1noc(CC(=O)NC2CCS(=O)(=O)C2)n1. The van der Waals surface area contributed by atoms with Crippen molar-refractivity contribution < 1.29 is 17.7 Å². The van der Waals surface area contributed by atoms with Gasteiger partial charge in [-0.2, -0.15) is 4.98 Å². The number of nitrogens with one attached hydrogen (secondary N) is 1. The van der Waals surface area contributed by atoms with Crippen LogP contribution in [0.4, 0.5) is 0 Å². The molecule has 1 aromatic rings. The number of hydrogen-bond acceptors (Lipinski definition) is 6. The molecule has 1 unspecified atom stereocenters. The van der Waals surface area contributed by atoms with E-state index < -0.39 is 9.84 Å². The Hall–Kier alpha value is -1.44. The Morgan fingerprint density at radius 2 is 2.35 bits per heavy atom. The molecule has 0 saturated carbocycles. The minimum absolute atomic E-state index is 0.0155. The van der Waals surface area contributed by atoms with Crippen molar-refractivity contribution in [3.8, 4) is 0 Å². The molecule has 2 heterocycles. The summed E-state index contributed by atoms with van der Waals surface area (Å²) in [5.74, 6) is 0.562. The maximum Gasteiger partial charge on any atom is 0.236 e. The predicted molar refractivity (Wildman–Crippen MR) is 57.9 cm³/mol. The average molecular weight is 259 g/mol. The van der Waals surface area contributed by atoms with E-state index in [1.165, 1.54) is 0 Å². The van der Waals surface area contributed by atoms with Crippen molar-refractivity contribution in [2.45, 2.75) is 25.8 Å². The fourth-order valence-electron chi connectivity index (χ4n) is 1.74. The van der Waals surface area contributed by atoms with Gasteiger partial charge < -0.3 is 9.84 Å². The molecule has 7 nitrogen and oxygen atoms in total. The molecule has 1 aromatic heterocycles. The molecule has 1 aliphatic rings. The van der Waals surface area contributed by atoms with Crippen molar-refractivity contribution in [2.24, 2.45) is 0 Å². The van der Waals surface area contributed by atoms with Gasteiger partial charge in [-0.3, -0.25) is 4.79 Å². The monoisotopic (exact) mass is 259 g/mol. The van der Waals surface area contributed by atoms with E-state index in [-0.39, 0.29) is 35.8 Å². The fourth-order valence-corrected chi connectivity index (χ4v) is 3.41.